The number of nitrogens with zero attached hydrogens (tertiary/aromatic N) is 3. The first-order valence-electron chi connectivity index (χ1n) is 6.60. The molecule has 0 spiro atoms. The van der Waals surface area contributed by atoms with E-state index >= 15 is 0 Å². The van der Waals surface area contributed by atoms with E-state index in [9.17, 15) is 0 Å². The molecule has 104 valence electrons. The second kappa shape index (κ2) is 6.04. The Morgan fingerprint density at radius 3 is 2.89 bits per heavy atom. The summed E-state index contributed by atoms with van der Waals surface area (Å²) >= 11 is 0. The Bertz CT molecular complexity index is 504. The molecule has 5 heteroatoms. The van der Waals surface area contributed by atoms with Gasteiger partial charge in [-0.3, -0.25) is 9.58 Å². The molecule has 2 aromatic rings. The summed E-state index contributed by atoms with van der Waals surface area (Å²) in [7, 11) is 4.01. The zero-order chi connectivity index (χ0) is 13.8. The van der Waals surface area contributed by atoms with Gasteiger partial charge in [0.25, 0.3) is 0 Å². The smallest absolute Gasteiger partial charge is 0.117 e. The molecular weight excluding hydrogens is 240 g/mol. The number of hydrogen-bond acceptors (Lipinski definition) is 4. The third-order valence-corrected chi connectivity index (χ3v) is 3.37. The number of rotatable bonds is 6. The van der Waals surface area contributed by atoms with E-state index in [2.05, 4.69) is 30.2 Å². The Labute approximate surface area is 114 Å². The second-order valence-corrected chi connectivity index (χ2v) is 4.80. The first kappa shape index (κ1) is 13.8. The predicted octanol–water partition coefficient (Wildman–Crippen LogP) is 1.71. The predicted molar refractivity (Wildman–Crippen MR) is 74.6 cm³/mol. The number of hydrogen-bond donors (Lipinski definition) is 1. The van der Waals surface area contributed by atoms with Crippen molar-refractivity contribution in [2.45, 2.75) is 25.9 Å². The van der Waals surface area contributed by atoms with Crippen LogP contribution in [0.4, 0.5) is 0 Å². The van der Waals surface area contributed by atoms with Gasteiger partial charge in [0.05, 0.1) is 24.5 Å². The van der Waals surface area contributed by atoms with Crippen molar-refractivity contribution in [1.29, 1.82) is 0 Å². The van der Waals surface area contributed by atoms with E-state index in [0.29, 0.717) is 6.54 Å². The summed E-state index contributed by atoms with van der Waals surface area (Å²) in [5, 5.41) is 4.49. The molecule has 2 rings (SSSR count). The van der Waals surface area contributed by atoms with E-state index in [1.807, 2.05) is 23.9 Å². The molecule has 0 amide bonds. The Balaban J connectivity index is 2.18. The second-order valence-electron chi connectivity index (χ2n) is 4.80. The van der Waals surface area contributed by atoms with Gasteiger partial charge in [-0.05, 0) is 25.6 Å². The molecule has 0 aliphatic heterocycles. The zero-order valence-corrected chi connectivity index (χ0v) is 11.8. The number of furan rings is 1. The van der Waals surface area contributed by atoms with E-state index in [1.54, 1.807) is 6.26 Å². The zero-order valence-electron chi connectivity index (χ0n) is 11.8. The van der Waals surface area contributed by atoms with Crippen LogP contribution in [0.5, 0.6) is 0 Å². The van der Waals surface area contributed by atoms with E-state index < -0.39 is 0 Å². The average Bonchev–Trinajstić information content (AvgIpc) is 3.00. The van der Waals surface area contributed by atoms with Gasteiger partial charge in [0.15, 0.2) is 0 Å². The van der Waals surface area contributed by atoms with Crippen LogP contribution < -0.4 is 5.73 Å². The highest BCUT2D eigenvalue weighted by atomic mass is 16.3. The molecule has 0 radical (unpaired) electrons. The number of aryl methyl sites for hydroxylation is 2. The van der Waals surface area contributed by atoms with Crippen LogP contribution in [0.1, 0.15) is 30.0 Å². The maximum Gasteiger partial charge on any atom is 0.117 e. The number of nitrogens with two attached hydrogens (primary N) is 1. The lowest BCUT2D eigenvalue weighted by Gasteiger charge is -2.26. The normalized spacial score (nSPS) is 13.1. The number of likely N-dealkylation sites (N-methyl/N-ethyl adjacent to an activating group) is 1. The lowest BCUT2D eigenvalue weighted by atomic mass is 10.1. The highest BCUT2D eigenvalue weighted by molar-refractivity contribution is 5.22. The van der Waals surface area contributed by atoms with Gasteiger partial charge in [-0.2, -0.15) is 5.10 Å². The third kappa shape index (κ3) is 3.05. The van der Waals surface area contributed by atoms with Crippen molar-refractivity contribution < 1.29 is 4.42 Å². The molecule has 5 nitrogen and oxygen atoms in total. The SMILES string of the molecule is CCc1nn(C)cc1C(CN)N(C)Cc1ccco1. The molecule has 0 saturated carbocycles. The molecular formula is C14H22N4O. The fraction of sp³-hybridized carbons (Fsp3) is 0.500. The summed E-state index contributed by atoms with van der Waals surface area (Å²) in [6, 6.07) is 4.05. The van der Waals surface area contributed by atoms with Crippen LogP contribution >= 0.6 is 0 Å². The Morgan fingerprint density at radius 1 is 1.53 bits per heavy atom. The van der Waals surface area contributed by atoms with Gasteiger partial charge in [0, 0.05) is 25.4 Å². The summed E-state index contributed by atoms with van der Waals surface area (Å²) in [5.74, 6) is 0.947. The molecule has 0 saturated heterocycles. The molecule has 0 aromatic carbocycles. The van der Waals surface area contributed by atoms with Crippen LogP contribution in [-0.2, 0) is 20.0 Å². The fourth-order valence-corrected chi connectivity index (χ4v) is 2.41. The first-order valence-corrected chi connectivity index (χ1v) is 6.60. The van der Waals surface area contributed by atoms with Crippen LogP contribution in [-0.4, -0.2) is 28.3 Å². The van der Waals surface area contributed by atoms with Gasteiger partial charge in [-0.25, -0.2) is 0 Å². The molecule has 0 bridgehead atoms. The minimum absolute atomic E-state index is 0.161. The quantitative estimate of drug-likeness (QED) is 0.861. The first-order chi connectivity index (χ1) is 9.15. The minimum Gasteiger partial charge on any atom is -0.468 e. The summed E-state index contributed by atoms with van der Waals surface area (Å²) < 4.78 is 7.25. The molecule has 2 aromatic heterocycles. The van der Waals surface area contributed by atoms with Crippen molar-refractivity contribution in [3.63, 3.8) is 0 Å². The molecule has 0 aliphatic rings. The largest absolute Gasteiger partial charge is 0.468 e. The van der Waals surface area contributed by atoms with E-state index in [1.165, 1.54) is 5.56 Å². The maximum atomic E-state index is 5.96. The van der Waals surface area contributed by atoms with Gasteiger partial charge >= 0.3 is 0 Å². The van der Waals surface area contributed by atoms with Gasteiger partial charge in [0.1, 0.15) is 5.76 Å². The van der Waals surface area contributed by atoms with Gasteiger partial charge in [0.2, 0.25) is 0 Å². The molecule has 1 unspecified atom stereocenters. The van der Waals surface area contributed by atoms with Gasteiger partial charge < -0.3 is 10.2 Å². The van der Waals surface area contributed by atoms with Crippen LogP contribution in [0.25, 0.3) is 0 Å². The highest BCUT2D eigenvalue weighted by Gasteiger charge is 2.21. The van der Waals surface area contributed by atoms with Crippen LogP contribution in [0, 0.1) is 0 Å². The summed E-state index contributed by atoms with van der Waals surface area (Å²) in [6.07, 6.45) is 4.68. The molecule has 0 aliphatic carbocycles. The Morgan fingerprint density at radius 2 is 2.32 bits per heavy atom. The van der Waals surface area contributed by atoms with E-state index in [4.69, 9.17) is 10.2 Å². The van der Waals surface area contributed by atoms with Crippen molar-refractivity contribution >= 4 is 0 Å². The van der Waals surface area contributed by atoms with Crippen molar-refractivity contribution in [2.24, 2.45) is 12.8 Å². The summed E-state index contributed by atoms with van der Waals surface area (Å²) in [6.45, 7) is 3.43. The lowest BCUT2D eigenvalue weighted by molar-refractivity contribution is 0.222. The van der Waals surface area contributed by atoms with Gasteiger partial charge in [-0.15, -0.1) is 0 Å². The Kier molecular flexibility index (Phi) is 4.39. The monoisotopic (exact) mass is 262 g/mol. The van der Waals surface area contributed by atoms with Crippen LogP contribution in [0.2, 0.25) is 0 Å². The standard InChI is InChI=1S/C14H22N4O/c1-4-13-12(10-18(3)16-13)14(8-15)17(2)9-11-6-5-7-19-11/h5-7,10,14H,4,8-9,15H2,1-3H3. The van der Waals surface area contributed by atoms with Crippen LogP contribution in [0.15, 0.2) is 29.0 Å². The van der Waals surface area contributed by atoms with Crippen molar-refractivity contribution in [1.82, 2.24) is 14.7 Å². The third-order valence-electron chi connectivity index (χ3n) is 3.37. The van der Waals surface area contributed by atoms with E-state index in [0.717, 1.165) is 24.4 Å². The minimum atomic E-state index is 0.161. The lowest BCUT2D eigenvalue weighted by Crippen LogP contribution is -2.30. The van der Waals surface area contributed by atoms with Crippen molar-refractivity contribution in [3.05, 3.63) is 41.6 Å². The molecule has 2 heterocycles. The summed E-state index contributed by atoms with van der Waals surface area (Å²) in [4.78, 5) is 2.20. The summed E-state index contributed by atoms with van der Waals surface area (Å²) in [5.41, 5.74) is 8.28. The molecule has 0 fully saturated rings. The topological polar surface area (TPSA) is 60.2 Å². The fourth-order valence-electron chi connectivity index (χ4n) is 2.41. The molecule has 1 atom stereocenters. The number of aromatic nitrogens is 2. The van der Waals surface area contributed by atoms with Crippen LogP contribution in [0.3, 0.4) is 0 Å². The van der Waals surface area contributed by atoms with Gasteiger partial charge in [-0.1, -0.05) is 6.92 Å². The van der Waals surface area contributed by atoms with Crippen molar-refractivity contribution in [2.75, 3.05) is 13.6 Å². The van der Waals surface area contributed by atoms with Crippen molar-refractivity contribution in [3.8, 4) is 0 Å². The average molecular weight is 262 g/mol. The maximum absolute atomic E-state index is 5.96. The molecule has 2 N–H and O–H groups in total. The molecule has 19 heavy (non-hydrogen) atoms. The Hall–Kier alpha value is -1.59. The van der Waals surface area contributed by atoms with E-state index in [-0.39, 0.29) is 6.04 Å². The highest BCUT2D eigenvalue weighted by Crippen LogP contribution is 2.23.